The van der Waals surface area contributed by atoms with E-state index in [1.165, 1.54) is 6.21 Å². The molecular formula is C17H17ClN2O3. The fraction of sp³-hybridized carbons (Fsp3) is 0.176. The summed E-state index contributed by atoms with van der Waals surface area (Å²) in [6.45, 7) is 4.16. The van der Waals surface area contributed by atoms with E-state index < -0.39 is 5.91 Å². The lowest BCUT2D eigenvalue weighted by atomic mass is 10.1. The Balaban J connectivity index is 2.10. The van der Waals surface area contributed by atoms with Gasteiger partial charge < -0.3 is 9.84 Å². The number of aryl methyl sites for hydroxylation is 1. The fourth-order valence-corrected chi connectivity index (χ4v) is 2.26. The van der Waals surface area contributed by atoms with Crippen LogP contribution >= 0.6 is 11.6 Å². The Hall–Kier alpha value is -2.53. The molecule has 0 aromatic heterocycles. The van der Waals surface area contributed by atoms with Crippen molar-refractivity contribution in [3.8, 4) is 11.5 Å². The van der Waals surface area contributed by atoms with Crippen LogP contribution < -0.4 is 10.2 Å². The normalized spacial score (nSPS) is 10.7. The molecule has 0 aliphatic heterocycles. The lowest BCUT2D eigenvalue weighted by Gasteiger charge is -2.07. The number of carbonyl (C=O) groups excluding carboxylic acids is 1. The van der Waals surface area contributed by atoms with Gasteiger partial charge in [0.1, 0.15) is 0 Å². The molecule has 0 bridgehead atoms. The average molecular weight is 333 g/mol. The largest absolute Gasteiger partial charge is 0.504 e. The first kappa shape index (κ1) is 16.8. The minimum absolute atomic E-state index is 0.0271. The molecule has 0 saturated heterocycles. The molecule has 0 aliphatic carbocycles. The number of para-hydroxylation sites is 1. The molecule has 5 nitrogen and oxygen atoms in total. The first-order valence-corrected chi connectivity index (χ1v) is 7.45. The Morgan fingerprint density at radius 2 is 2.17 bits per heavy atom. The van der Waals surface area contributed by atoms with Crippen molar-refractivity contribution < 1.29 is 14.6 Å². The van der Waals surface area contributed by atoms with Gasteiger partial charge in [-0.2, -0.15) is 5.10 Å². The number of hydrogen-bond acceptors (Lipinski definition) is 4. The van der Waals surface area contributed by atoms with Gasteiger partial charge in [-0.05, 0) is 43.7 Å². The third kappa shape index (κ3) is 4.23. The van der Waals surface area contributed by atoms with Crippen LogP contribution in [0.1, 0.15) is 28.4 Å². The van der Waals surface area contributed by atoms with E-state index in [2.05, 4.69) is 10.5 Å². The van der Waals surface area contributed by atoms with E-state index in [1.807, 2.05) is 13.8 Å². The van der Waals surface area contributed by atoms with Crippen LogP contribution in [0.25, 0.3) is 0 Å². The highest BCUT2D eigenvalue weighted by Gasteiger charge is 2.10. The minimum atomic E-state index is -0.424. The van der Waals surface area contributed by atoms with Gasteiger partial charge in [0.25, 0.3) is 5.91 Å². The lowest BCUT2D eigenvalue weighted by molar-refractivity contribution is 0.0955. The number of carbonyl (C=O) groups is 1. The topological polar surface area (TPSA) is 70.9 Å². The number of halogens is 1. The molecular weight excluding hydrogens is 316 g/mol. The minimum Gasteiger partial charge on any atom is -0.504 e. The summed E-state index contributed by atoms with van der Waals surface area (Å²) in [5.74, 6) is -0.0863. The molecule has 120 valence electrons. The van der Waals surface area contributed by atoms with Crippen LogP contribution in [0.15, 0.2) is 41.5 Å². The summed E-state index contributed by atoms with van der Waals surface area (Å²) in [6.07, 6.45) is 1.35. The molecule has 2 aromatic carbocycles. The maximum absolute atomic E-state index is 12.0. The van der Waals surface area contributed by atoms with Crippen LogP contribution in [0.3, 0.4) is 0 Å². The highest BCUT2D eigenvalue weighted by atomic mass is 35.5. The second-order valence-corrected chi connectivity index (χ2v) is 5.22. The van der Waals surface area contributed by atoms with E-state index in [1.54, 1.807) is 36.4 Å². The van der Waals surface area contributed by atoms with Crippen LogP contribution in [0.5, 0.6) is 11.5 Å². The summed E-state index contributed by atoms with van der Waals surface area (Å²) in [7, 11) is 0. The van der Waals surface area contributed by atoms with Gasteiger partial charge in [-0.25, -0.2) is 5.43 Å². The van der Waals surface area contributed by atoms with Crippen molar-refractivity contribution >= 4 is 23.7 Å². The number of aromatic hydroxyl groups is 1. The standard InChI is InChI=1S/C17H17ClN2O3/c1-3-23-15-6-4-5-12(16(15)21)10-19-20-17(22)13-8-7-11(2)9-14(13)18/h4-10,21H,3H2,1-2H3,(H,20,22). The summed E-state index contributed by atoms with van der Waals surface area (Å²) < 4.78 is 5.28. The Morgan fingerprint density at radius 1 is 1.39 bits per heavy atom. The van der Waals surface area contributed by atoms with E-state index in [-0.39, 0.29) is 5.75 Å². The first-order chi connectivity index (χ1) is 11.0. The monoisotopic (exact) mass is 332 g/mol. The maximum Gasteiger partial charge on any atom is 0.272 e. The highest BCUT2D eigenvalue weighted by Crippen LogP contribution is 2.28. The molecule has 0 fully saturated rings. The molecule has 0 radical (unpaired) electrons. The van der Waals surface area contributed by atoms with Crippen LogP contribution in [0, 0.1) is 6.92 Å². The zero-order chi connectivity index (χ0) is 16.8. The van der Waals surface area contributed by atoms with Gasteiger partial charge in [-0.1, -0.05) is 23.7 Å². The Labute approximate surface area is 139 Å². The van der Waals surface area contributed by atoms with Crippen molar-refractivity contribution in [1.29, 1.82) is 0 Å². The number of ether oxygens (including phenoxy) is 1. The zero-order valence-electron chi connectivity index (χ0n) is 12.8. The molecule has 0 spiro atoms. The number of nitrogens with one attached hydrogen (secondary N) is 1. The summed E-state index contributed by atoms with van der Waals surface area (Å²) in [5.41, 5.74) is 4.12. The van der Waals surface area contributed by atoms with E-state index in [0.29, 0.717) is 28.5 Å². The van der Waals surface area contributed by atoms with Crippen LogP contribution in [-0.4, -0.2) is 23.8 Å². The van der Waals surface area contributed by atoms with Crippen molar-refractivity contribution in [2.24, 2.45) is 5.10 Å². The SMILES string of the molecule is CCOc1cccc(C=NNC(=O)c2ccc(C)cc2Cl)c1O. The van der Waals surface area contributed by atoms with Gasteiger partial charge in [0.05, 0.1) is 23.4 Å². The summed E-state index contributed by atoms with van der Waals surface area (Å²) in [5, 5.41) is 14.2. The summed E-state index contributed by atoms with van der Waals surface area (Å²) in [6, 6.07) is 10.2. The number of phenols is 1. The molecule has 2 rings (SSSR count). The van der Waals surface area contributed by atoms with E-state index >= 15 is 0 Å². The van der Waals surface area contributed by atoms with Gasteiger partial charge >= 0.3 is 0 Å². The Bertz CT molecular complexity index is 745. The van der Waals surface area contributed by atoms with Gasteiger partial charge in [-0.15, -0.1) is 0 Å². The van der Waals surface area contributed by atoms with Crippen molar-refractivity contribution in [2.45, 2.75) is 13.8 Å². The maximum atomic E-state index is 12.0. The average Bonchev–Trinajstić information content (AvgIpc) is 2.51. The van der Waals surface area contributed by atoms with Crippen molar-refractivity contribution in [1.82, 2.24) is 5.43 Å². The van der Waals surface area contributed by atoms with Gasteiger partial charge in [-0.3, -0.25) is 4.79 Å². The molecule has 0 unspecified atom stereocenters. The molecule has 0 atom stereocenters. The quantitative estimate of drug-likeness (QED) is 0.650. The Kier molecular flexibility index (Phi) is 5.60. The van der Waals surface area contributed by atoms with E-state index in [9.17, 15) is 9.90 Å². The van der Waals surface area contributed by atoms with Crippen LogP contribution in [0.4, 0.5) is 0 Å². The van der Waals surface area contributed by atoms with Crippen molar-refractivity contribution in [3.05, 3.63) is 58.1 Å². The van der Waals surface area contributed by atoms with E-state index in [4.69, 9.17) is 16.3 Å². The number of rotatable bonds is 5. The molecule has 0 aliphatic rings. The van der Waals surface area contributed by atoms with Gasteiger partial charge in [0, 0.05) is 5.56 Å². The van der Waals surface area contributed by atoms with Crippen LogP contribution in [0.2, 0.25) is 5.02 Å². The summed E-state index contributed by atoms with van der Waals surface area (Å²) >= 11 is 6.03. The molecule has 2 N–H and O–H groups in total. The second-order valence-electron chi connectivity index (χ2n) is 4.81. The zero-order valence-corrected chi connectivity index (χ0v) is 13.6. The van der Waals surface area contributed by atoms with Gasteiger partial charge in [0.15, 0.2) is 11.5 Å². The molecule has 1 amide bonds. The lowest BCUT2D eigenvalue weighted by Crippen LogP contribution is -2.18. The first-order valence-electron chi connectivity index (χ1n) is 7.07. The second kappa shape index (κ2) is 7.65. The third-order valence-electron chi connectivity index (χ3n) is 3.07. The molecule has 0 saturated carbocycles. The number of hydrazone groups is 1. The fourth-order valence-electron chi connectivity index (χ4n) is 1.94. The Morgan fingerprint density at radius 3 is 2.87 bits per heavy atom. The van der Waals surface area contributed by atoms with E-state index in [0.717, 1.165) is 5.56 Å². The van der Waals surface area contributed by atoms with Crippen molar-refractivity contribution in [3.63, 3.8) is 0 Å². The van der Waals surface area contributed by atoms with Crippen LogP contribution in [-0.2, 0) is 0 Å². The third-order valence-corrected chi connectivity index (χ3v) is 3.38. The number of hydrogen-bond donors (Lipinski definition) is 2. The molecule has 0 heterocycles. The van der Waals surface area contributed by atoms with Crippen molar-refractivity contribution in [2.75, 3.05) is 6.61 Å². The molecule has 2 aromatic rings. The predicted molar refractivity (Wildman–Crippen MR) is 90.5 cm³/mol. The molecule has 23 heavy (non-hydrogen) atoms. The number of amides is 1. The smallest absolute Gasteiger partial charge is 0.272 e. The number of benzene rings is 2. The number of nitrogens with zero attached hydrogens (tertiary/aromatic N) is 1. The summed E-state index contributed by atoms with van der Waals surface area (Å²) in [4.78, 5) is 12.0. The number of phenolic OH excluding ortho intramolecular Hbond substituents is 1. The van der Waals surface area contributed by atoms with Gasteiger partial charge in [0.2, 0.25) is 0 Å². The predicted octanol–water partition coefficient (Wildman–Crippen LogP) is 3.52. The molecule has 6 heteroatoms. The highest BCUT2D eigenvalue weighted by molar-refractivity contribution is 6.33.